The van der Waals surface area contributed by atoms with Gasteiger partial charge in [-0.25, -0.2) is 0 Å². The molecule has 1 unspecified atom stereocenters. The van der Waals surface area contributed by atoms with Crippen LogP contribution in [0, 0.1) is 0 Å². The fourth-order valence-electron chi connectivity index (χ4n) is 1.99. The van der Waals surface area contributed by atoms with Crippen molar-refractivity contribution in [3.63, 3.8) is 0 Å². The molecule has 2 heteroatoms. The van der Waals surface area contributed by atoms with Gasteiger partial charge in [0.25, 0.3) is 0 Å². The molecule has 0 aromatic carbocycles. The zero-order valence-corrected chi connectivity index (χ0v) is 8.74. The van der Waals surface area contributed by atoms with Crippen molar-refractivity contribution in [2.45, 2.75) is 45.2 Å². The second-order valence-electron chi connectivity index (χ2n) is 3.98. The second kappa shape index (κ2) is 5.40. The maximum absolute atomic E-state index is 8.65. The summed E-state index contributed by atoms with van der Waals surface area (Å²) in [6, 6.07) is 1.26. The third-order valence-corrected chi connectivity index (χ3v) is 2.66. The van der Waals surface area contributed by atoms with Crippen LogP contribution in [0.15, 0.2) is 12.2 Å². The van der Waals surface area contributed by atoms with E-state index >= 15 is 0 Å². The highest BCUT2D eigenvalue weighted by Crippen LogP contribution is 2.20. The third-order valence-electron chi connectivity index (χ3n) is 2.66. The average molecular weight is 183 g/mol. The topological polar surface area (TPSA) is 23.5 Å². The largest absolute Gasteiger partial charge is 0.396 e. The summed E-state index contributed by atoms with van der Waals surface area (Å²) in [6.07, 6.45) is 7.74. The molecule has 0 amide bonds. The zero-order chi connectivity index (χ0) is 9.68. The summed E-state index contributed by atoms with van der Waals surface area (Å²) in [5.74, 6) is 0. The number of aliphatic hydroxyl groups excluding tert-OH is 1. The van der Waals surface area contributed by atoms with E-state index < -0.39 is 0 Å². The monoisotopic (exact) mass is 183 g/mol. The maximum Gasteiger partial charge on any atom is 0.0465 e. The summed E-state index contributed by atoms with van der Waals surface area (Å²) >= 11 is 0. The lowest BCUT2D eigenvalue weighted by atomic mass is 10.2. The predicted molar refractivity (Wildman–Crippen MR) is 55.7 cm³/mol. The molecule has 0 radical (unpaired) electrons. The molecule has 2 nitrogen and oxygen atoms in total. The molecule has 0 aliphatic carbocycles. The van der Waals surface area contributed by atoms with E-state index in [1.165, 1.54) is 19.4 Å². The smallest absolute Gasteiger partial charge is 0.0465 e. The molecule has 0 aromatic rings. The molecule has 1 heterocycles. The molecule has 1 rings (SSSR count). The molecule has 0 saturated carbocycles. The number of rotatable bonds is 4. The van der Waals surface area contributed by atoms with Gasteiger partial charge in [0.15, 0.2) is 0 Å². The zero-order valence-electron chi connectivity index (χ0n) is 8.74. The molecule has 1 fully saturated rings. The van der Waals surface area contributed by atoms with Crippen molar-refractivity contribution >= 4 is 0 Å². The SMILES string of the molecule is CC(C)N1CCCC1/C=C\CCO. The number of nitrogens with zero attached hydrogens (tertiary/aromatic N) is 1. The Morgan fingerprint density at radius 3 is 2.92 bits per heavy atom. The maximum atomic E-state index is 8.65. The van der Waals surface area contributed by atoms with Crippen LogP contribution in [0.5, 0.6) is 0 Å². The van der Waals surface area contributed by atoms with Crippen LogP contribution >= 0.6 is 0 Å². The van der Waals surface area contributed by atoms with Gasteiger partial charge in [-0.05, 0) is 39.7 Å². The minimum Gasteiger partial charge on any atom is -0.396 e. The fourth-order valence-corrected chi connectivity index (χ4v) is 1.99. The van der Waals surface area contributed by atoms with E-state index in [4.69, 9.17) is 5.11 Å². The molecule has 76 valence electrons. The molecule has 0 spiro atoms. The van der Waals surface area contributed by atoms with Crippen LogP contribution in [0.3, 0.4) is 0 Å². The Kier molecular flexibility index (Phi) is 4.46. The van der Waals surface area contributed by atoms with Crippen molar-refractivity contribution in [3.8, 4) is 0 Å². The quantitative estimate of drug-likeness (QED) is 0.672. The third kappa shape index (κ3) is 3.12. The Labute approximate surface area is 81.2 Å². The van der Waals surface area contributed by atoms with Crippen molar-refractivity contribution in [2.75, 3.05) is 13.2 Å². The minimum absolute atomic E-state index is 0.269. The first-order valence-electron chi connectivity index (χ1n) is 5.29. The number of hydrogen-bond acceptors (Lipinski definition) is 2. The van der Waals surface area contributed by atoms with E-state index in [-0.39, 0.29) is 6.61 Å². The Bertz CT molecular complexity index is 165. The van der Waals surface area contributed by atoms with Crippen molar-refractivity contribution in [1.82, 2.24) is 4.90 Å². The molecule has 1 aliphatic rings. The lowest BCUT2D eigenvalue weighted by Gasteiger charge is -2.25. The number of hydrogen-bond donors (Lipinski definition) is 1. The first-order valence-corrected chi connectivity index (χ1v) is 5.29. The Hall–Kier alpha value is -0.340. The van der Waals surface area contributed by atoms with Gasteiger partial charge in [0.05, 0.1) is 0 Å². The normalized spacial score (nSPS) is 25.1. The van der Waals surface area contributed by atoms with Gasteiger partial charge in [-0.15, -0.1) is 0 Å². The first kappa shape index (κ1) is 10.7. The number of likely N-dealkylation sites (tertiary alicyclic amines) is 1. The van der Waals surface area contributed by atoms with Gasteiger partial charge in [0, 0.05) is 18.7 Å². The summed E-state index contributed by atoms with van der Waals surface area (Å²) < 4.78 is 0. The van der Waals surface area contributed by atoms with E-state index in [0.29, 0.717) is 12.1 Å². The fraction of sp³-hybridized carbons (Fsp3) is 0.818. The van der Waals surface area contributed by atoms with Crippen LogP contribution < -0.4 is 0 Å². The van der Waals surface area contributed by atoms with Gasteiger partial charge in [-0.1, -0.05) is 12.2 Å². The van der Waals surface area contributed by atoms with Gasteiger partial charge >= 0.3 is 0 Å². The number of aliphatic hydroxyl groups is 1. The minimum atomic E-state index is 0.269. The van der Waals surface area contributed by atoms with Crippen LogP contribution in [-0.2, 0) is 0 Å². The van der Waals surface area contributed by atoms with E-state index in [2.05, 4.69) is 30.9 Å². The van der Waals surface area contributed by atoms with Crippen LogP contribution in [0.1, 0.15) is 33.1 Å². The van der Waals surface area contributed by atoms with E-state index in [0.717, 1.165) is 6.42 Å². The molecule has 13 heavy (non-hydrogen) atoms. The summed E-state index contributed by atoms with van der Waals surface area (Å²) in [5, 5.41) is 8.65. The molecule has 1 aliphatic heterocycles. The molecular weight excluding hydrogens is 162 g/mol. The van der Waals surface area contributed by atoms with Crippen molar-refractivity contribution in [2.24, 2.45) is 0 Å². The lowest BCUT2D eigenvalue weighted by Crippen LogP contribution is -2.34. The molecule has 1 N–H and O–H groups in total. The molecule has 0 bridgehead atoms. The average Bonchev–Trinajstić information content (AvgIpc) is 2.53. The Morgan fingerprint density at radius 2 is 2.31 bits per heavy atom. The predicted octanol–water partition coefficient (Wildman–Crippen LogP) is 1.80. The highest BCUT2D eigenvalue weighted by molar-refractivity contribution is 4.98. The van der Waals surface area contributed by atoms with E-state index in [1.54, 1.807) is 0 Å². The van der Waals surface area contributed by atoms with Crippen LogP contribution in [0.2, 0.25) is 0 Å². The summed E-state index contributed by atoms with van der Waals surface area (Å²) in [7, 11) is 0. The van der Waals surface area contributed by atoms with Gasteiger partial charge in [0.1, 0.15) is 0 Å². The van der Waals surface area contributed by atoms with Crippen molar-refractivity contribution in [1.29, 1.82) is 0 Å². The highest BCUT2D eigenvalue weighted by atomic mass is 16.2. The van der Waals surface area contributed by atoms with Gasteiger partial charge in [0.2, 0.25) is 0 Å². The van der Waals surface area contributed by atoms with Gasteiger partial charge in [-0.3, -0.25) is 4.90 Å². The second-order valence-corrected chi connectivity index (χ2v) is 3.98. The van der Waals surface area contributed by atoms with E-state index in [9.17, 15) is 0 Å². The summed E-state index contributed by atoms with van der Waals surface area (Å²) in [5.41, 5.74) is 0. The van der Waals surface area contributed by atoms with Crippen LogP contribution in [-0.4, -0.2) is 35.2 Å². The summed E-state index contributed by atoms with van der Waals surface area (Å²) in [4.78, 5) is 2.52. The molecule has 1 atom stereocenters. The van der Waals surface area contributed by atoms with Crippen LogP contribution in [0.4, 0.5) is 0 Å². The molecular formula is C11H21NO. The summed E-state index contributed by atoms with van der Waals surface area (Å²) in [6.45, 7) is 5.99. The Morgan fingerprint density at radius 1 is 1.54 bits per heavy atom. The van der Waals surface area contributed by atoms with E-state index in [1.807, 2.05) is 0 Å². The standard InChI is InChI=1S/C11H21NO/c1-10(2)12-8-5-7-11(12)6-3-4-9-13/h3,6,10-11,13H,4-5,7-9H2,1-2H3/b6-3-. The first-order chi connectivity index (χ1) is 6.25. The van der Waals surface area contributed by atoms with Gasteiger partial charge < -0.3 is 5.11 Å². The highest BCUT2D eigenvalue weighted by Gasteiger charge is 2.23. The lowest BCUT2D eigenvalue weighted by molar-refractivity contribution is 0.233. The van der Waals surface area contributed by atoms with Gasteiger partial charge in [-0.2, -0.15) is 0 Å². The van der Waals surface area contributed by atoms with Crippen molar-refractivity contribution < 1.29 is 5.11 Å². The Balaban J connectivity index is 2.39. The molecule has 0 aromatic heterocycles. The van der Waals surface area contributed by atoms with Crippen molar-refractivity contribution in [3.05, 3.63) is 12.2 Å². The van der Waals surface area contributed by atoms with Crippen LogP contribution in [0.25, 0.3) is 0 Å². The molecule has 1 saturated heterocycles.